The Balaban J connectivity index is 1.81. The Bertz CT molecular complexity index is 573. The summed E-state index contributed by atoms with van der Waals surface area (Å²) in [6.07, 6.45) is 19.7. The van der Waals surface area contributed by atoms with Gasteiger partial charge in [-0.05, 0) is 12.0 Å². The van der Waals surface area contributed by atoms with E-state index >= 15 is 0 Å². The number of nitrogens with one attached hydrogen (secondary N) is 1. The molecule has 1 amide bonds. The van der Waals surface area contributed by atoms with Gasteiger partial charge in [0.2, 0.25) is 5.91 Å². The van der Waals surface area contributed by atoms with E-state index < -0.39 is 0 Å². The monoisotopic (exact) mass is 445 g/mol. The summed E-state index contributed by atoms with van der Waals surface area (Å²) < 4.78 is 5.21. The Labute approximate surface area is 196 Å². The van der Waals surface area contributed by atoms with Crippen molar-refractivity contribution in [3.8, 4) is 0 Å². The van der Waals surface area contributed by atoms with Gasteiger partial charge in [0.15, 0.2) is 0 Å². The second-order valence-corrected chi connectivity index (χ2v) is 8.90. The van der Waals surface area contributed by atoms with Gasteiger partial charge in [-0.2, -0.15) is 0 Å². The van der Waals surface area contributed by atoms with Crippen LogP contribution in [-0.2, 0) is 20.7 Å². The molecule has 1 rings (SSSR count). The van der Waals surface area contributed by atoms with Gasteiger partial charge in [-0.3, -0.25) is 9.59 Å². The lowest BCUT2D eigenvalue weighted by atomic mass is 10.0. The molecule has 4 heteroatoms. The molecular weight excluding hydrogens is 398 g/mol. The smallest absolute Gasteiger partial charge is 0.306 e. The first kappa shape index (κ1) is 28.2. The van der Waals surface area contributed by atoms with Crippen LogP contribution >= 0.6 is 0 Å². The van der Waals surface area contributed by atoms with E-state index in [2.05, 4.69) is 12.2 Å². The Morgan fingerprint density at radius 2 is 1.25 bits per heavy atom. The number of rotatable bonds is 21. The van der Waals surface area contributed by atoms with Crippen molar-refractivity contribution in [2.24, 2.45) is 0 Å². The van der Waals surface area contributed by atoms with Gasteiger partial charge in [-0.15, -0.1) is 0 Å². The molecule has 0 radical (unpaired) electrons. The lowest BCUT2D eigenvalue weighted by molar-refractivity contribution is -0.144. The first-order valence-corrected chi connectivity index (χ1v) is 13.2. The van der Waals surface area contributed by atoms with E-state index in [1.807, 2.05) is 30.3 Å². The first-order valence-electron chi connectivity index (χ1n) is 13.2. The SMILES string of the molecule is CCCCCCCCCCCCCCCCNC(=O)CCC(=O)OCCc1ccccc1. The van der Waals surface area contributed by atoms with Crippen LogP contribution in [0.25, 0.3) is 0 Å². The molecule has 0 unspecified atom stereocenters. The summed E-state index contributed by atoms with van der Waals surface area (Å²) in [4.78, 5) is 23.6. The van der Waals surface area contributed by atoms with Gasteiger partial charge in [0, 0.05) is 19.4 Å². The minimum Gasteiger partial charge on any atom is -0.465 e. The highest BCUT2D eigenvalue weighted by atomic mass is 16.5. The number of hydrogen-bond donors (Lipinski definition) is 1. The summed E-state index contributed by atoms with van der Waals surface area (Å²) in [5.41, 5.74) is 1.14. The second-order valence-electron chi connectivity index (χ2n) is 8.90. The highest BCUT2D eigenvalue weighted by Crippen LogP contribution is 2.12. The summed E-state index contributed by atoms with van der Waals surface area (Å²) in [6.45, 7) is 3.34. The summed E-state index contributed by atoms with van der Waals surface area (Å²) in [5.74, 6) is -0.354. The zero-order valence-electron chi connectivity index (χ0n) is 20.5. The molecule has 4 nitrogen and oxygen atoms in total. The molecule has 0 heterocycles. The Kier molecular flexibility index (Phi) is 18.5. The fourth-order valence-corrected chi connectivity index (χ4v) is 3.85. The van der Waals surface area contributed by atoms with E-state index in [0.29, 0.717) is 19.6 Å². The molecule has 0 aliphatic rings. The molecule has 0 saturated carbocycles. The van der Waals surface area contributed by atoms with Crippen molar-refractivity contribution in [1.82, 2.24) is 5.32 Å². The fourth-order valence-electron chi connectivity index (χ4n) is 3.85. The normalized spacial score (nSPS) is 10.8. The van der Waals surface area contributed by atoms with Gasteiger partial charge < -0.3 is 10.1 Å². The second kappa shape index (κ2) is 21.0. The summed E-state index contributed by atoms with van der Waals surface area (Å²) in [7, 11) is 0. The molecule has 182 valence electrons. The van der Waals surface area contributed by atoms with Crippen LogP contribution in [0, 0.1) is 0 Å². The number of esters is 1. The number of amides is 1. The largest absolute Gasteiger partial charge is 0.465 e. The first-order chi connectivity index (χ1) is 15.7. The Morgan fingerprint density at radius 3 is 1.81 bits per heavy atom. The molecular formula is C28H47NO3. The van der Waals surface area contributed by atoms with E-state index in [1.54, 1.807) is 0 Å². The van der Waals surface area contributed by atoms with Gasteiger partial charge in [0.1, 0.15) is 0 Å². The molecule has 0 aliphatic carbocycles. The molecule has 0 saturated heterocycles. The van der Waals surface area contributed by atoms with Crippen LogP contribution in [0.15, 0.2) is 30.3 Å². The predicted molar refractivity (Wildman–Crippen MR) is 134 cm³/mol. The zero-order chi connectivity index (χ0) is 23.1. The van der Waals surface area contributed by atoms with Crippen molar-refractivity contribution in [3.05, 3.63) is 35.9 Å². The number of unbranched alkanes of at least 4 members (excludes halogenated alkanes) is 13. The number of carbonyl (C=O) groups is 2. The Hall–Kier alpha value is -1.84. The summed E-state index contributed by atoms with van der Waals surface area (Å²) >= 11 is 0. The molecule has 0 bridgehead atoms. The minimum absolute atomic E-state index is 0.0558. The molecule has 1 aromatic carbocycles. The minimum atomic E-state index is -0.299. The van der Waals surface area contributed by atoms with Crippen molar-refractivity contribution in [2.75, 3.05) is 13.2 Å². The third-order valence-corrected chi connectivity index (χ3v) is 5.91. The van der Waals surface area contributed by atoms with Crippen molar-refractivity contribution >= 4 is 11.9 Å². The maximum Gasteiger partial charge on any atom is 0.306 e. The van der Waals surface area contributed by atoms with Gasteiger partial charge in [0.25, 0.3) is 0 Å². The molecule has 1 N–H and O–H groups in total. The van der Waals surface area contributed by atoms with Crippen molar-refractivity contribution < 1.29 is 14.3 Å². The zero-order valence-corrected chi connectivity index (χ0v) is 20.5. The lowest BCUT2D eigenvalue weighted by Gasteiger charge is -2.07. The van der Waals surface area contributed by atoms with Crippen LogP contribution in [0.2, 0.25) is 0 Å². The van der Waals surface area contributed by atoms with Gasteiger partial charge in [-0.25, -0.2) is 0 Å². The van der Waals surface area contributed by atoms with Gasteiger partial charge in [-0.1, -0.05) is 121 Å². The molecule has 1 aromatic rings. The predicted octanol–water partition coefficient (Wildman–Crippen LogP) is 7.15. The van der Waals surface area contributed by atoms with Crippen LogP contribution in [0.4, 0.5) is 0 Å². The van der Waals surface area contributed by atoms with E-state index in [4.69, 9.17) is 4.74 Å². The Morgan fingerprint density at radius 1 is 0.719 bits per heavy atom. The number of benzene rings is 1. The van der Waals surface area contributed by atoms with Crippen LogP contribution in [0.1, 0.15) is 115 Å². The fraction of sp³-hybridized carbons (Fsp3) is 0.714. The number of ether oxygens (including phenoxy) is 1. The van der Waals surface area contributed by atoms with Crippen LogP contribution in [0.5, 0.6) is 0 Å². The standard InChI is InChI=1S/C28H47NO3/c1-2-3-4-5-6-7-8-9-10-11-12-13-14-18-24-29-27(30)21-22-28(31)32-25-23-26-19-16-15-17-20-26/h15-17,19-20H,2-14,18,21-25H2,1H3,(H,29,30). The topological polar surface area (TPSA) is 55.4 Å². The van der Waals surface area contributed by atoms with E-state index in [-0.39, 0.29) is 24.7 Å². The number of hydrogen-bond acceptors (Lipinski definition) is 3. The van der Waals surface area contributed by atoms with Crippen LogP contribution in [0.3, 0.4) is 0 Å². The molecule has 0 aromatic heterocycles. The van der Waals surface area contributed by atoms with Crippen molar-refractivity contribution in [1.29, 1.82) is 0 Å². The van der Waals surface area contributed by atoms with E-state index in [9.17, 15) is 9.59 Å². The lowest BCUT2D eigenvalue weighted by Crippen LogP contribution is -2.25. The maximum absolute atomic E-state index is 11.9. The molecule has 0 atom stereocenters. The quantitative estimate of drug-likeness (QED) is 0.161. The van der Waals surface area contributed by atoms with E-state index in [1.165, 1.54) is 83.5 Å². The van der Waals surface area contributed by atoms with Gasteiger partial charge >= 0.3 is 5.97 Å². The average molecular weight is 446 g/mol. The molecule has 0 spiro atoms. The van der Waals surface area contributed by atoms with Crippen LogP contribution in [-0.4, -0.2) is 25.0 Å². The van der Waals surface area contributed by atoms with Crippen molar-refractivity contribution in [3.63, 3.8) is 0 Å². The average Bonchev–Trinajstić information content (AvgIpc) is 2.81. The molecule has 0 fully saturated rings. The summed E-state index contributed by atoms with van der Waals surface area (Å²) in [6, 6.07) is 9.93. The van der Waals surface area contributed by atoms with Crippen LogP contribution < -0.4 is 5.32 Å². The van der Waals surface area contributed by atoms with E-state index in [0.717, 1.165) is 12.0 Å². The third kappa shape index (κ3) is 17.8. The molecule has 32 heavy (non-hydrogen) atoms. The summed E-state index contributed by atoms with van der Waals surface area (Å²) in [5, 5.41) is 2.92. The van der Waals surface area contributed by atoms with Gasteiger partial charge in [0.05, 0.1) is 13.0 Å². The van der Waals surface area contributed by atoms with Crippen molar-refractivity contribution in [2.45, 2.75) is 116 Å². The highest BCUT2D eigenvalue weighted by molar-refractivity contribution is 5.81. The molecule has 0 aliphatic heterocycles. The number of carbonyl (C=O) groups excluding carboxylic acids is 2. The highest BCUT2D eigenvalue weighted by Gasteiger charge is 2.07. The third-order valence-electron chi connectivity index (χ3n) is 5.91. The maximum atomic E-state index is 11.9.